The van der Waals surface area contributed by atoms with E-state index in [2.05, 4.69) is 5.32 Å². The molecule has 1 saturated heterocycles. The van der Waals surface area contributed by atoms with Crippen LogP contribution in [0.4, 0.5) is 0 Å². The van der Waals surface area contributed by atoms with Gasteiger partial charge in [0.1, 0.15) is 22.5 Å². The van der Waals surface area contributed by atoms with Gasteiger partial charge in [-0.3, -0.25) is 19.9 Å². The second kappa shape index (κ2) is 11.6. The Balaban J connectivity index is 1.58. The number of nitrogens with one attached hydrogen (secondary N) is 2. The Hall–Kier alpha value is -3.77. The minimum Gasteiger partial charge on any atom is -0.481 e. The van der Waals surface area contributed by atoms with Crippen molar-refractivity contribution in [2.75, 3.05) is 6.54 Å². The van der Waals surface area contributed by atoms with E-state index in [1.54, 1.807) is 36.4 Å². The summed E-state index contributed by atoms with van der Waals surface area (Å²) in [5, 5.41) is 27.9. The zero-order valence-electron chi connectivity index (χ0n) is 18.7. The number of aliphatic carboxylic acids is 2. The number of hydrogen-bond donors (Lipinski definition) is 5. The van der Waals surface area contributed by atoms with Gasteiger partial charge in [0.15, 0.2) is 0 Å². The summed E-state index contributed by atoms with van der Waals surface area (Å²) in [7, 11) is 0. The van der Waals surface area contributed by atoms with Crippen LogP contribution in [0, 0.1) is 5.41 Å². The molecule has 11 nitrogen and oxygen atoms in total. The number of amidine groups is 1. The topological polar surface area (TPSA) is 183 Å². The zero-order valence-corrected chi connectivity index (χ0v) is 19.5. The third-order valence-electron chi connectivity index (χ3n) is 5.53. The Bertz CT molecular complexity index is 1120. The van der Waals surface area contributed by atoms with Crippen molar-refractivity contribution in [2.24, 2.45) is 5.73 Å². The molecule has 1 aromatic carbocycles. The fourth-order valence-electron chi connectivity index (χ4n) is 3.74. The number of hydrogen-bond acceptors (Lipinski definition) is 8. The molecular formula is C23H26N4O7S. The van der Waals surface area contributed by atoms with Crippen molar-refractivity contribution in [1.29, 1.82) is 5.41 Å². The molecule has 1 fully saturated rings. The molecule has 186 valence electrons. The first-order valence-corrected chi connectivity index (χ1v) is 11.7. The van der Waals surface area contributed by atoms with Crippen LogP contribution in [0.2, 0.25) is 0 Å². The number of rotatable bonds is 11. The first-order valence-electron chi connectivity index (χ1n) is 10.9. The number of nitrogens with zero attached hydrogens (tertiary/aromatic N) is 1. The summed E-state index contributed by atoms with van der Waals surface area (Å²) in [6, 6.07) is 7.88. The number of benzene rings is 1. The van der Waals surface area contributed by atoms with E-state index in [0.29, 0.717) is 35.7 Å². The lowest BCUT2D eigenvalue weighted by Crippen LogP contribution is -2.49. The molecule has 0 spiro atoms. The summed E-state index contributed by atoms with van der Waals surface area (Å²) in [5.74, 6) is -3.16. The fraction of sp³-hybridized carbons (Fsp3) is 0.348. The summed E-state index contributed by atoms with van der Waals surface area (Å²) < 4.78 is 5.37. The molecule has 0 unspecified atom stereocenters. The minimum absolute atomic E-state index is 0.0848. The number of carboxylic acids is 2. The van der Waals surface area contributed by atoms with E-state index in [0.717, 1.165) is 11.3 Å². The standard InChI is InChI=1S/C23H26N4O7S/c24-20(25)13-3-5-14(6-4-13)34-23(33)18-9-7-15(35-18)12-27-11-1-2-17(27)21(30)26-16(22(31)32)8-10-19(28)29/h3-7,9,16-17H,1-2,8,10-12H2,(H3,24,25)(H,26,30)(H,28,29)(H,31,32)/t16-,17+/m1/s1. The molecule has 3 rings (SSSR count). The highest BCUT2D eigenvalue weighted by Crippen LogP contribution is 2.25. The van der Waals surface area contributed by atoms with Gasteiger partial charge in [-0.15, -0.1) is 11.3 Å². The maximum atomic E-state index is 12.7. The van der Waals surface area contributed by atoms with Crippen molar-refractivity contribution < 1.29 is 34.1 Å². The first kappa shape index (κ1) is 25.8. The number of nitrogens with two attached hydrogens (primary N) is 1. The minimum atomic E-state index is -1.28. The molecule has 1 aromatic heterocycles. The van der Waals surface area contributed by atoms with Crippen LogP contribution in [-0.2, 0) is 20.9 Å². The van der Waals surface area contributed by atoms with Gasteiger partial charge < -0.3 is 26.0 Å². The third kappa shape index (κ3) is 7.11. The Morgan fingerprint density at radius 1 is 1.17 bits per heavy atom. The van der Waals surface area contributed by atoms with E-state index in [4.69, 9.17) is 21.0 Å². The van der Waals surface area contributed by atoms with Crippen molar-refractivity contribution in [3.05, 3.63) is 51.7 Å². The van der Waals surface area contributed by atoms with Crippen LogP contribution in [0.1, 0.15) is 45.8 Å². The number of carboxylic acid groups (broad SMARTS) is 2. The highest BCUT2D eigenvalue weighted by Gasteiger charge is 2.33. The Morgan fingerprint density at radius 2 is 1.89 bits per heavy atom. The normalized spacial score (nSPS) is 16.4. The van der Waals surface area contributed by atoms with Crippen LogP contribution in [0.5, 0.6) is 5.75 Å². The number of likely N-dealkylation sites (tertiary alicyclic amines) is 1. The molecule has 0 aliphatic carbocycles. The molecule has 1 amide bonds. The van der Waals surface area contributed by atoms with Gasteiger partial charge in [-0.2, -0.15) is 0 Å². The fourth-order valence-corrected chi connectivity index (χ4v) is 4.65. The summed E-state index contributed by atoms with van der Waals surface area (Å²) in [5.41, 5.74) is 5.93. The Morgan fingerprint density at radius 3 is 2.51 bits per heavy atom. The van der Waals surface area contributed by atoms with E-state index in [1.165, 1.54) is 11.3 Å². The third-order valence-corrected chi connectivity index (χ3v) is 6.58. The van der Waals surface area contributed by atoms with Crippen LogP contribution >= 0.6 is 11.3 Å². The molecule has 2 atom stereocenters. The summed E-state index contributed by atoms with van der Waals surface area (Å²) in [4.78, 5) is 50.5. The predicted octanol–water partition coefficient (Wildman–Crippen LogP) is 1.65. The molecule has 0 saturated carbocycles. The predicted molar refractivity (Wildman–Crippen MR) is 127 cm³/mol. The van der Waals surface area contributed by atoms with E-state index in [9.17, 15) is 24.3 Å². The second-order valence-electron chi connectivity index (χ2n) is 8.05. The second-order valence-corrected chi connectivity index (χ2v) is 9.22. The van der Waals surface area contributed by atoms with Gasteiger partial charge in [0.25, 0.3) is 0 Å². The number of carbonyl (C=O) groups is 4. The van der Waals surface area contributed by atoms with Crippen molar-refractivity contribution in [3.8, 4) is 5.75 Å². The van der Waals surface area contributed by atoms with Gasteiger partial charge in [-0.25, -0.2) is 9.59 Å². The highest BCUT2D eigenvalue weighted by atomic mass is 32.1. The summed E-state index contributed by atoms with van der Waals surface area (Å²) in [6.07, 6.45) is 0.743. The molecule has 35 heavy (non-hydrogen) atoms. The van der Waals surface area contributed by atoms with Gasteiger partial charge in [0, 0.05) is 23.4 Å². The first-order chi connectivity index (χ1) is 16.6. The lowest BCUT2D eigenvalue weighted by Gasteiger charge is -2.24. The van der Waals surface area contributed by atoms with Crippen LogP contribution in [0.15, 0.2) is 36.4 Å². The largest absolute Gasteiger partial charge is 0.481 e. The summed E-state index contributed by atoms with van der Waals surface area (Å²) in [6.45, 7) is 1.03. The Kier molecular flexibility index (Phi) is 8.55. The van der Waals surface area contributed by atoms with Gasteiger partial charge in [-0.1, -0.05) is 0 Å². The average Bonchev–Trinajstić information content (AvgIpc) is 3.46. The quantitative estimate of drug-likeness (QED) is 0.132. The van der Waals surface area contributed by atoms with Gasteiger partial charge in [0.05, 0.1) is 6.04 Å². The number of ether oxygens (including phenoxy) is 1. The van der Waals surface area contributed by atoms with Crippen molar-refractivity contribution in [2.45, 2.75) is 44.3 Å². The van der Waals surface area contributed by atoms with Crippen LogP contribution in [0.25, 0.3) is 0 Å². The molecular weight excluding hydrogens is 476 g/mol. The SMILES string of the molecule is N=C(N)c1ccc(OC(=O)c2ccc(CN3CCC[C@H]3C(=O)N[C@H](CCC(=O)O)C(=O)O)s2)cc1. The molecule has 1 aliphatic heterocycles. The summed E-state index contributed by atoms with van der Waals surface area (Å²) >= 11 is 1.24. The number of amides is 1. The zero-order chi connectivity index (χ0) is 25.5. The van der Waals surface area contributed by atoms with Gasteiger partial charge in [-0.05, 0) is 62.2 Å². The Labute approximate surface area is 205 Å². The van der Waals surface area contributed by atoms with Crippen LogP contribution in [0.3, 0.4) is 0 Å². The molecule has 2 aromatic rings. The van der Waals surface area contributed by atoms with Crippen LogP contribution in [-0.4, -0.2) is 63.4 Å². The van der Waals surface area contributed by atoms with Crippen LogP contribution < -0.4 is 15.8 Å². The van der Waals surface area contributed by atoms with Gasteiger partial charge >= 0.3 is 17.9 Å². The number of thiophene rings is 1. The van der Waals surface area contributed by atoms with E-state index in [-0.39, 0.29) is 18.7 Å². The average molecular weight is 503 g/mol. The molecule has 2 heterocycles. The van der Waals surface area contributed by atoms with Gasteiger partial charge in [0.2, 0.25) is 5.91 Å². The van der Waals surface area contributed by atoms with E-state index < -0.39 is 35.9 Å². The van der Waals surface area contributed by atoms with Crippen molar-refractivity contribution in [1.82, 2.24) is 10.2 Å². The maximum absolute atomic E-state index is 12.7. The molecule has 1 aliphatic rings. The lowest BCUT2D eigenvalue weighted by atomic mass is 10.1. The molecule has 12 heteroatoms. The maximum Gasteiger partial charge on any atom is 0.353 e. The number of esters is 1. The van der Waals surface area contributed by atoms with E-state index >= 15 is 0 Å². The van der Waals surface area contributed by atoms with Crippen molar-refractivity contribution in [3.63, 3.8) is 0 Å². The smallest absolute Gasteiger partial charge is 0.353 e. The monoisotopic (exact) mass is 502 g/mol. The van der Waals surface area contributed by atoms with Crippen molar-refractivity contribution >= 4 is 41.0 Å². The molecule has 0 bridgehead atoms. The lowest BCUT2D eigenvalue weighted by molar-refractivity contribution is -0.143. The highest BCUT2D eigenvalue weighted by molar-refractivity contribution is 7.13. The molecule has 0 radical (unpaired) electrons. The number of carbonyl (C=O) groups excluding carboxylic acids is 2. The van der Waals surface area contributed by atoms with E-state index in [1.807, 2.05) is 4.90 Å². The number of nitrogen functional groups attached to an aromatic ring is 1. The molecule has 6 N–H and O–H groups in total.